The number of likely N-dealkylation sites (N-methyl/N-ethyl adjacent to an activating group) is 2. The molecule has 1 atom stereocenters. The van der Waals surface area contributed by atoms with Crippen LogP contribution in [-0.2, 0) is 4.79 Å². The number of benzene rings is 1. The van der Waals surface area contributed by atoms with Crippen LogP contribution >= 0.6 is 0 Å². The van der Waals surface area contributed by atoms with E-state index in [0.29, 0.717) is 6.54 Å². The highest BCUT2D eigenvalue weighted by Crippen LogP contribution is 2.33. The van der Waals surface area contributed by atoms with E-state index >= 15 is 0 Å². The third kappa shape index (κ3) is 2.19. The Kier molecular flexibility index (Phi) is 3.84. The highest BCUT2D eigenvalue weighted by Gasteiger charge is 2.29. The van der Waals surface area contributed by atoms with Crippen molar-refractivity contribution in [1.29, 1.82) is 0 Å². The quantitative estimate of drug-likeness (QED) is 0.719. The third-order valence-electron chi connectivity index (χ3n) is 3.27. The first kappa shape index (κ1) is 12.9. The van der Waals surface area contributed by atoms with E-state index in [-0.39, 0.29) is 18.6 Å². The maximum atomic E-state index is 11.7. The van der Waals surface area contributed by atoms with E-state index in [1.54, 1.807) is 7.05 Å². The van der Waals surface area contributed by atoms with Gasteiger partial charge in [-0.05, 0) is 26.1 Å². The molecule has 1 aromatic carbocycles. The molecule has 0 aromatic heterocycles. The molecule has 1 aliphatic rings. The first-order valence-electron chi connectivity index (χ1n) is 6.19. The third-order valence-corrected chi connectivity index (χ3v) is 3.27. The summed E-state index contributed by atoms with van der Waals surface area (Å²) in [5, 5.41) is 14.9. The van der Waals surface area contributed by atoms with Crippen molar-refractivity contribution in [3.05, 3.63) is 23.8 Å². The van der Waals surface area contributed by atoms with Crippen LogP contribution in [0.3, 0.4) is 0 Å². The summed E-state index contributed by atoms with van der Waals surface area (Å²) in [6, 6.07) is 5.65. The van der Waals surface area contributed by atoms with Gasteiger partial charge in [0.05, 0.1) is 6.61 Å². The van der Waals surface area contributed by atoms with Gasteiger partial charge in [-0.2, -0.15) is 0 Å². The van der Waals surface area contributed by atoms with Crippen LogP contribution in [0.1, 0.15) is 18.5 Å². The fraction of sp³-hybridized carbons (Fsp3) is 0.462. The number of carbonyl (C=O) groups excluding carboxylic acids is 1. The largest absolute Gasteiger partial charge is 0.395 e. The summed E-state index contributed by atoms with van der Waals surface area (Å²) < 4.78 is 0. The molecule has 5 heteroatoms. The molecule has 0 aliphatic carbocycles. The summed E-state index contributed by atoms with van der Waals surface area (Å²) in [4.78, 5) is 13.8. The minimum Gasteiger partial charge on any atom is -0.395 e. The average Bonchev–Trinajstić information content (AvgIpc) is 2.70. The summed E-state index contributed by atoms with van der Waals surface area (Å²) in [6.07, 6.45) is 0. The molecule has 0 fully saturated rings. The van der Waals surface area contributed by atoms with Crippen molar-refractivity contribution in [3.8, 4) is 0 Å². The smallest absolute Gasteiger partial charge is 0.246 e. The van der Waals surface area contributed by atoms with Crippen LogP contribution < -0.4 is 15.5 Å². The van der Waals surface area contributed by atoms with E-state index < -0.39 is 0 Å². The molecule has 0 radical (unpaired) electrons. The molecule has 5 nitrogen and oxygen atoms in total. The Labute approximate surface area is 107 Å². The van der Waals surface area contributed by atoms with Crippen molar-refractivity contribution in [2.45, 2.75) is 13.0 Å². The Morgan fingerprint density at radius 1 is 1.50 bits per heavy atom. The molecule has 2 rings (SSSR count). The lowest BCUT2D eigenvalue weighted by molar-refractivity contribution is -0.117. The van der Waals surface area contributed by atoms with E-state index in [0.717, 1.165) is 23.5 Å². The highest BCUT2D eigenvalue weighted by molar-refractivity contribution is 6.03. The highest BCUT2D eigenvalue weighted by atomic mass is 16.3. The van der Waals surface area contributed by atoms with Crippen molar-refractivity contribution in [2.24, 2.45) is 0 Å². The molecule has 1 aliphatic heterocycles. The number of hydrogen-bond acceptors (Lipinski definition) is 4. The van der Waals surface area contributed by atoms with Gasteiger partial charge in [0.1, 0.15) is 6.04 Å². The van der Waals surface area contributed by atoms with E-state index in [2.05, 4.69) is 15.5 Å². The van der Waals surface area contributed by atoms with Crippen LogP contribution in [0.2, 0.25) is 0 Å². The molecule has 3 N–H and O–H groups in total. The molecule has 0 spiro atoms. The van der Waals surface area contributed by atoms with E-state index in [1.165, 1.54) is 0 Å². The van der Waals surface area contributed by atoms with Gasteiger partial charge in [0.2, 0.25) is 5.91 Å². The number of anilines is 2. The maximum absolute atomic E-state index is 11.7. The van der Waals surface area contributed by atoms with E-state index in [4.69, 9.17) is 5.11 Å². The van der Waals surface area contributed by atoms with E-state index in [1.807, 2.05) is 25.1 Å². The van der Waals surface area contributed by atoms with Crippen LogP contribution in [-0.4, -0.2) is 37.8 Å². The molecule has 1 amide bonds. The Morgan fingerprint density at radius 3 is 2.89 bits per heavy atom. The Balaban J connectivity index is 2.29. The number of aliphatic hydroxyl groups is 1. The molecular formula is C13H19N3O2. The number of rotatable bonds is 5. The number of nitrogens with one attached hydrogen (secondary N) is 2. The number of hydrogen-bond donors (Lipinski definition) is 3. The second-order valence-corrected chi connectivity index (χ2v) is 4.29. The predicted molar refractivity (Wildman–Crippen MR) is 71.8 cm³/mol. The maximum Gasteiger partial charge on any atom is 0.246 e. The molecule has 1 aromatic rings. The number of fused-ring (bicyclic) bond motifs is 1. The van der Waals surface area contributed by atoms with Crippen molar-refractivity contribution in [2.75, 3.05) is 37.0 Å². The summed E-state index contributed by atoms with van der Waals surface area (Å²) in [6.45, 7) is 3.58. The van der Waals surface area contributed by atoms with Gasteiger partial charge in [-0.15, -0.1) is 0 Å². The molecule has 1 unspecified atom stereocenters. The van der Waals surface area contributed by atoms with Gasteiger partial charge in [0.25, 0.3) is 0 Å². The number of nitrogens with zero attached hydrogens (tertiary/aromatic N) is 1. The standard InChI is InChI=1S/C13H19N3O2/c1-3-16(6-7-17)9-4-5-10-11(8-9)15-13(18)12(10)14-2/h4-5,8,12,14,17H,3,6-7H2,1-2H3,(H,15,18). The van der Waals surface area contributed by atoms with Crippen LogP contribution in [0.25, 0.3) is 0 Å². The first-order valence-corrected chi connectivity index (χ1v) is 6.19. The molecule has 0 bridgehead atoms. The van der Waals surface area contributed by atoms with Crippen LogP contribution in [0.4, 0.5) is 11.4 Å². The molecule has 1 heterocycles. The first-order chi connectivity index (χ1) is 8.71. The van der Waals surface area contributed by atoms with Crippen molar-refractivity contribution < 1.29 is 9.90 Å². The van der Waals surface area contributed by atoms with Crippen LogP contribution in [0, 0.1) is 0 Å². The zero-order chi connectivity index (χ0) is 13.1. The lowest BCUT2D eigenvalue weighted by Crippen LogP contribution is -2.26. The topological polar surface area (TPSA) is 64.6 Å². The molecule has 0 saturated carbocycles. The van der Waals surface area contributed by atoms with Crippen LogP contribution in [0.5, 0.6) is 0 Å². The van der Waals surface area contributed by atoms with E-state index in [9.17, 15) is 4.79 Å². The van der Waals surface area contributed by atoms with Gasteiger partial charge in [0.15, 0.2) is 0 Å². The van der Waals surface area contributed by atoms with Crippen LogP contribution in [0.15, 0.2) is 18.2 Å². The number of carbonyl (C=O) groups is 1. The van der Waals surface area contributed by atoms with Gasteiger partial charge in [-0.3, -0.25) is 4.79 Å². The average molecular weight is 249 g/mol. The SMILES string of the molecule is CCN(CCO)c1ccc2c(c1)NC(=O)C2NC. The van der Waals surface area contributed by atoms with Gasteiger partial charge in [-0.1, -0.05) is 6.07 Å². The lowest BCUT2D eigenvalue weighted by atomic mass is 10.1. The van der Waals surface area contributed by atoms with Gasteiger partial charge < -0.3 is 20.6 Å². The lowest BCUT2D eigenvalue weighted by Gasteiger charge is -2.22. The van der Waals surface area contributed by atoms with Gasteiger partial charge >= 0.3 is 0 Å². The summed E-state index contributed by atoms with van der Waals surface area (Å²) in [5.74, 6) is -0.0187. The van der Waals surface area contributed by atoms with Crippen molar-refractivity contribution in [3.63, 3.8) is 0 Å². The number of aliphatic hydroxyl groups excluding tert-OH is 1. The Bertz CT molecular complexity index is 448. The van der Waals surface area contributed by atoms with Crippen molar-refractivity contribution in [1.82, 2.24) is 5.32 Å². The predicted octanol–water partition coefficient (Wildman–Crippen LogP) is 0.718. The molecule has 0 saturated heterocycles. The Morgan fingerprint density at radius 2 is 2.28 bits per heavy atom. The summed E-state index contributed by atoms with van der Waals surface area (Å²) >= 11 is 0. The number of amides is 1. The van der Waals surface area contributed by atoms with Gasteiger partial charge in [0, 0.05) is 30.0 Å². The normalized spacial score (nSPS) is 17.5. The second kappa shape index (κ2) is 5.37. The fourth-order valence-electron chi connectivity index (χ4n) is 2.32. The monoisotopic (exact) mass is 249 g/mol. The molecule has 98 valence electrons. The minimum absolute atomic E-state index is 0.0187. The fourth-order valence-corrected chi connectivity index (χ4v) is 2.32. The zero-order valence-electron chi connectivity index (χ0n) is 10.7. The molecular weight excluding hydrogens is 230 g/mol. The molecule has 18 heavy (non-hydrogen) atoms. The summed E-state index contributed by atoms with van der Waals surface area (Å²) in [7, 11) is 1.78. The minimum atomic E-state index is -0.262. The summed E-state index contributed by atoms with van der Waals surface area (Å²) in [5.41, 5.74) is 2.85. The van der Waals surface area contributed by atoms with Crippen molar-refractivity contribution >= 4 is 17.3 Å². The Hall–Kier alpha value is -1.59. The van der Waals surface area contributed by atoms with Gasteiger partial charge in [-0.25, -0.2) is 0 Å². The zero-order valence-corrected chi connectivity index (χ0v) is 10.7. The second-order valence-electron chi connectivity index (χ2n) is 4.29.